The number of hydrogen-bond donors (Lipinski definition) is 0. The molecular weight excluding hydrogens is 300 g/mol. The van der Waals surface area contributed by atoms with Crippen molar-refractivity contribution in [3.05, 3.63) is 32.8 Å². The minimum absolute atomic E-state index is 0.0939. The summed E-state index contributed by atoms with van der Waals surface area (Å²) in [6.07, 6.45) is 0.165. The zero-order valence-electron chi connectivity index (χ0n) is 10.7. The second-order valence-corrected chi connectivity index (χ2v) is 5.15. The van der Waals surface area contributed by atoms with Gasteiger partial charge in [0.2, 0.25) is 0 Å². The molecule has 0 aliphatic heterocycles. The number of hydrogen-bond acceptors (Lipinski definition) is 4. The first-order valence-corrected chi connectivity index (χ1v) is 6.47. The van der Waals surface area contributed by atoms with Crippen molar-refractivity contribution in [1.82, 2.24) is 0 Å². The van der Waals surface area contributed by atoms with Crippen LogP contribution in [0, 0.1) is 10.1 Å². The number of anilines is 1. The lowest BCUT2D eigenvalue weighted by Crippen LogP contribution is -2.24. The standard InChI is InChI=1S/C12H17BrN2O3/c1-9(2)18-7-6-14(3)11-5-4-10(13)8-12(11)15(16)17/h4-5,8-9H,6-7H2,1-3H3. The number of halogens is 1. The van der Waals surface area contributed by atoms with E-state index in [-0.39, 0.29) is 16.7 Å². The first kappa shape index (κ1) is 14.9. The summed E-state index contributed by atoms with van der Waals surface area (Å²) in [7, 11) is 1.82. The molecule has 0 fully saturated rings. The maximum absolute atomic E-state index is 11.0. The summed E-state index contributed by atoms with van der Waals surface area (Å²) in [5, 5.41) is 11.0. The van der Waals surface area contributed by atoms with E-state index in [9.17, 15) is 10.1 Å². The molecule has 0 spiro atoms. The highest BCUT2D eigenvalue weighted by Crippen LogP contribution is 2.30. The third-order valence-corrected chi connectivity index (χ3v) is 2.92. The van der Waals surface area contributed by atoms with Crippen molar-refractivity contribution in [3.8, 4) is 0 Å². The smallest absolute Gasteiger partial charge is 0.293 e. The minimum atomic E-state index is -0.375. The van der Waals surface area contributed by atoms with Crippen molar-refractivity contribution in [1.29, 1.82) is 0 Å². The molecule has 1 aromatic rings. The molecule has 5 nitrogen and oxygen atoms in total. The number of nitrogens with zero attached hydrogens (tertiary/aromatic N) is 2. The van der Waals surface area contributed by atoms with Crippen LogP contribution in [0.15, 0.2) is 22.7 Å². The van der Waals surface area contributed by atoms with Gasteiger partial charge in [0, 0.05) is 24.1 Å². The van der Waals surface area contributed by atoms with Crippen molar-refractivity contribution in [2.24, 2.45) is 0 Å². The Hall–Kier alpha value is -1.14. The molecule has 0 saturated carbocycles. The molecule has 0 aliphatic rings. The molecule has 0 unspecified atom stereocenters. The predicted octanol–water partition coefficient (Wildman–Crippen LogP) is 3.22. The molecule has 0 atom stereocenters. The van der Waals surface area contributed by atoms with Gasteiger partial charge in [0.15, 0.2) is 0 Å². The third-order valence-electron chi connectivity index (χ3n) is 2.42. The van der Waals surface area contributed by atoms with Crippen LogP contribution in [0.4, 0.5) is 11.4 Å². The average Bonchev–Trinajstić information content (AvgIpc) is 2.28. The van der Waals surface area contributed by atoms with Crippen molar-refractivity contribution < 1.29 is 9.66 Å². The highest BCUT2D eigenvalue weighted by atomic mass is 79.9. The zero-order valence-corrected chi connectivity index (χ0v) is 12.3. The molecule has 18 heavy (non-hydrogen) atoms. The lowest BCUT2D eigenvalue weighted by atomic mass is 10.2. The molecule has 1 rings (SSSR count). The molecule has 0 saturated heterocycles. The second-order valence-electron chi connectivity index (χ2n) is 4.23. The molecule has 0 radical (unpaired) electrons. The fraction of sp³-hybridized carbons (Fsp3) is 0.500. The van der Waals surface area contributed by atoms with E-state index in [1.807, 2.05) is 25.8 Å². The summed E-state index contributed by atoms with van der Waals surface area (Å²) in [5.41, 5.74) is 0.687. The quantitative estimate of drug-likeness (QED) is 0.597. The molecule has 0 aliphatic carbocycles. The van der Waals surface area contributed by atoms with Gasteiger partial charge in [-0.3, -0.25) is 10.1 Å². The predicted molar refractivity (Wildman–Crippen MR) is 75.2 cm³/mol. The van der Waals surface area contributed by atoms with Crippen molar-refractivity contribution in [2.45, 2.75) is 20.0 Å². The van der Waals surface area contributed by atoms with Gasteiger partial charge < -0.3 is 9.64 Å². The van der Waals surface area contributed by atoms with Gasteiger partial charge in [-0.05, 0) is 26.0 Å². The Labute approximate surface area is 115 Å². The van der Waals surface area contributed by atoms with Crippen LogP contribution in [-0.4, -0.2) is 31.2 Å². The zero-order chi connectivity index (χ0) is 13.7. The number of nitro groups is 1. The van der Waals surface area contributed by atoms with Gasteiger partial charge in [0.25, 0.3) is 5.69 Å². The summed E-state index contributed by atoms with van der Waals surface area (Å²) in [5.74, 6) is 0. The van der Waals surface area contributed by atoms with Crippen molar-refractivity contribution >= 4 is 27.3 Å². The second kappa shape index (κ2) is 6.70. The fourth-order valence-corrected chi connectivity index (χ4v) is 1.86. The van der Waals surface area contributed by atoms with E-state index in [1.54, 1.807) is 12.1 Å². The number of rotatable bonds is 6. The first-order chi connectivity index (χ1) is 8.41. The molecule has 0 heterocycles. The lowest BCUT2D eigenvalue weighted by molar-refractivity contribution is -0.384. The SMILES string of the molecule is CC(C)OCCN(C)c1ccc(Br)cc1[N+](=O)[O-]. The summed E-state index contributed by atoms with van der Waals surface area (Å²) in [6, 6.07) is 5.04. The van der Waals surface area contributed by atoms with Crippen LogP contribution >= 0.6 is 15.9 Å². The third kappa shape index (κ3) is 4.27. The van der Waals surface area contributed by atoms with Crippen molar-refractivity contribution in [2.75, 3.05) is 25.1 Å². The fourth-order valence-electron chi connectivity index (χ4n) is 1.51. The number of ether oxygens (including phenoxy) is 1. The van der Waals surface area contributed by atoms with E-state index >= 15 is 0 Å². The minimum Gasteiger partial charge on any atom is -0.377 e. The van der Waals surface area contributed by atoms with Crippen LogP contribution in [0.1, 0.15) is 13.8 Å². The monoisotopic (exact) mass is 316 g/mol. The van der Waals surface area contributed by atoms with E-state index in [1.165, 1.54) is 6.07 Å². The maximum atomic E-state index is 11.0. The molecule has 6 heteroatoms. The first-order valence-electron chi connectivity index (χ1n) is 5.68. The molecule has 100 valence electrons. The Morgan fingerprint density at radius 2 is 2.17 bits per heavy atom. The van der Waals surface area contributed by atoms with E-state index in [4.69, 9.17) is 4.74 Å². The van der Waals surface area contributed by atoms with E-state index in [0.717, 1.165) is 0 Å². The van der Waals surface area contributed by atoms with Crippen LogP contribution in [0.25, 0.3) is 0 Å². The van der Waals surface area contributed by atoms with Gasteiger partial charge in [-0.25, -0.2) is 0 Å². The summed E-state index contributed by atoms with van der Waals surface area (Å²) >= 11 is 3.24. The van der Waals surface area contributed by atoms with Crippen LogP contribution in [0.2, 0.25) is 0 Å². The molecule has 0 N–H and O–H groups in total. The normalized spacial score (nSPS) is 10.7. The van der Waals surface area contributed by atoms with Gasteiger partial charge in [-0.2, -0.15) is 0 Å². The topological polar surface area (TPSA) is 55.6 Å². The maximum Gasteiger partial charge on any atom is 0.293 e. The van der Waals surface area contributed by atoms with Gasteiger partial charge in [-0.15, -0.1) is 0 Å². The van der Waals surface area contributed by atoms with Crippen LogP contribution < -0.4 is 4.90 Å². The van der Waals surface area contributed by atoms with E-state index in [0.29, 0.717) is 23.3 Å². The lowest BCUT2D eigenvalue weighted by Gasteiger charge is -2.20. The van der Waals surface area contributed by atoms with Crippen LogP contribution in [-0.2, 0) is 4.74 Å². The summed E-state index contributed by atoms with van der Waals surface area (Å²) in [6.45, 7) is 5.08. The number of nitro benzene ring substituents is 1. The Kier molecular flexibility index (Phi) is 5.55. The Morgan fingerprint density at radius 3 is 2.72 bits per heavy atom. The molecule has 0 amide bonds. The average molecular weight is 317 g/mol. The molecular formula is C12H17BrN2O3. The van der Waals surface area contributed by atoms with Gasteiger partial charge in [0.05, 0.1) is 17.6 Å². The van der Waals surface area contributed by atoms with Gasteiger partial charge in [0.1, 0.15) is 5.69 Å². The van der Waals surface area contributed by atoms with Crippen molar-refractivity contribution in [3.63, 3.8) is 0 Å². The highest BCUT2D eigenvalue weighted by Gasteiger charge is 2.17. The number of benzene rings is 1. The molecule has 1 aromatic carbocycles. The number of likely N-dealkylation sites (N-methyl/N-ethyl adjacent to an activating group) is 1. The van der Waals surface area contributed by atoms with E-state index in [2.05, 4.69) is 15.9 Å². The summed E-state index contributed by atoms with van der Waals surface area (Å²) < 4.78 is 6.14. The Bertz CT molecular complexity index is 424. The van der Waals surface area contributed by atoms with Gasteiger partial charge in [-0.1, -0.05) is 15.9 Å². The summed E-state index contributed by atoms with van der Waals surface area (Å²) in [4.78, 5) is 12.4. The highest BCUT2D eigenvalue weighted by molar-refractivity contribution is 9.10. The van der Waals surface area contributed by atoms with Crippen LogP contribution in [0.5, 0.6) is 0 Å². The van der Waals surface area contributed by atoms with Gasteiger partial charge >= 0.3 is 0 Å². The Morgan fingerprint density at radius 1 is 1.50 bits per heavy atom. The van der Waals surface area contributed by atoms with Crippen LogP contribution in [0.3, 0.4) is 0 Å². The largest absolute Gasteiger partial charge is 0.377 e. The molecule has 0 bridgehead atoms. The van der Waals surface area contributed by atoms with E-state index < -0.39 is 0 Å². The molecule has 0 aromatic heterocycles. The Balaban J connectivity index is 2.78.